The largest absolute Gasteiger partial charge is 0.418 e. The Bertz CT molecular complexity index is 520. The third kappa shape index (κ3) is 3.29. The van der Waals surface area contributed by atoms with E-state index in [9.17, 15) is 13.2 Å². The van der Waals surface area contributed by atoms with Gasteiger partial charge in [0.1, 0.15) is 0 Å². The topological polar surface area (TPSA) is 12.0 Å². The first kappa shape index (κ1) is 13.9. The highest BCUT2D eigenvalue weighted by Gasteiger charge is 2.33. The normalized spacial score (nSPS) is 13.3. The lowest BCUT2D eigenvalue weighted by Gasteiger charge is -2.20. The molecule has 19 heavy (non-hydrogen) atoms. The maximum Gasteiger partial charge on any atom is 0.418 e. The summed E-state index contributed by atoms with van der Waals surface area (Å²) < 4.78 is 38.7. The molecule has 102 valence electrons. The van der Waals surface area contributed by atoms with Gasteiger partial charge in [-0.1, -0.05) is 25.1 Å². The van der Waals surface area contributed by atoms with E-state index in [1.165, 1.54) is 12.1 Å². The van der Waals surface area contributed by atoms with Gasteiger partial charge in [-0.15, -0.1) is 11.3 Å². The van der Waals surface area contributed by atoms with Gasteiger partial charge in [0.05, 0.1) is 11.6 Å². The van der Waals surface area contributed by atoms with Crippen LogP contribution in [-0.4, -0.2) is 0 Å². The average Bonchev–Trinajstić information content (AvgIpc) is 2.89. The standard InChI is InChI=1S/C14H14F3NS/c1-2-11(13-8-5-9-19-13)18-12-7-4-3-6-10(12)14(15,16)17/h3-9,11,18H,2H2,1H3. The van der Waals surface area contributed by atoms with Crippen molar-refractivity contribution in [2.24, 2.45) is 0 Å². The van der Waals surface area contributed by atoms with Crippen molar-refractivity contribution in [1.29, 1.82) is 0 Å². The van der Waals surface area contributed by atoms with Crippen LogP contribution in [-0.2, 0) is 6.18 Å². The molecule has 2 rings (SSSR count). The molecule has 1 aromatic carbocycles. The van der Waals surface area contributed by atoms with E-state index in [0.29, 0.717) is 0 Å². The molecule has 1 heterocycles. The van der Waals surface area contributed by atoms with Crippen molar-refractivity contribution in [3.05, 3.63) is 52.2 Å². The summed E-state index contributed by atoms with van der Waals surface area (Å²) in [4.78, 5) is 1.04. The van der Waals surface area contributed by atoms with Crippen LogP contribution in [0.15, 0.2) is 41.8 Å². The number of hydrogen-bond acceptors (Lipinski definition) is 2. The molecule has 0 saturated heterocycles. The van der Waals surface area contributed by atoms with Gasteiger partial charge >= 0.3 is 6.18 Å². The Hall–Kier alpha value is -1.49. The van der Waals surface area contributed by atoms with Crippen LogP contribution in [0, 0.1) is 0 Å². The van der Waals surface area contributed by atoms with Crippen molar-refractivity contribution in [1.82, 2.24) is 0 Å². The molecule has 1 atom stereocenters. The molecule has 5 heteroatoms. The fourth-order valence-electron chi connectivity index (χ4n) is 1.91. The lowest BCUT2D eigenvalue weighted by Crippen LogP contribution is -2.14. The van der Waals surface area contributed by atoms with E-state index in [2.05, 4.69) is 5.32 Å². The SMILES string of the molecule is CCC(Nc1ccccc1C(F)(F)F)c1cccs1. The molecular weight excluding hydrogens is 271 g/mol. The number of nitrogens with one attached hydrogen (secondary N) is 1. The van der Waals surface area contributed by atoms with Crippen molar-refractivity contribution in [3.63, 3.8) is 0 Å². The number of benzene rings is 1. The highest BCUT2D eigenvalue weighted by molar-refractivity contribution is 7.10. The van der Waals surface area contributed by atoms with Crippen molar-refractivity contribution < 1.29 is 13.2 Å². The highest BCUT2D eigenvalue weighted by atomic mass is 32.1. The molecule has 0 fully saturated rings. The zero-order valence-corrected chi connectivity index (χ0v) is 11.2. The summed E-state index contributed by atoms with van der Waals surface area (Å²) in [6.07, 6.45) is -3.61. The molecule has 0 spiro atoms. The Kier molecular flexibility index (Phi) is 4.14. The second-order valence-electron chi connectivity index (χ2n) is 4.16. The van der Waals surface area contributed by atoms with Gasteiger partial charge in [0, 0.05) is 10.6 Å². The number of rotatable bonds is 4. The van der Waals surface area contributed by atoms with Crippen LogP contribution in [0.5, 0.6) is 0 Å². The predicted octanol–water partition coefficient (Wildman–Crippen LogP) is 5.33. The molecule has 0 aliphatic carbocycles. The Labute approximate surface area is 114 Å². The monoisotopic (exact) mass is 285 g/mol. The van der Waals surface area contributed by atoms with Crippen LogP contribution in [0.1, 0.15) is 29.8 Å². The van der Waals surface area contributed by atoms with Gasteiger partial charge in [-0.2, -0.15) is 13.2 Å². The maximum absolute atomic E-state index is 12.9. The highest BCUT2D eigenvalue weighted by Crippen LogP contribution is 2.36. The number of thiophene rings is 1. The summed E-state index contributed by atoms with van der Waals surface area (Å²) in [5, 5.41) is 4.92. The first-order valence-electron chi connectivity index (χ1n) is 5.98. The van der Waals surface area contributed by atoms with Gasteiger partial charge in [0.15, 0.2) is 0 Å². The number of hydrogen-bond donors (Lipinski definition) is 1. The first-order chi connectivity index (χ1) is 9.02. The predicted molar refractivity (Wildman–Crippen MR) is 72.4 cm³/mol. The summed E-state index contributed by atoms with van der Waals surface area (Å²) >= 11 is 1.54. The average molecular weight is 285 g/mol. The van der Waals surface area contributed by atoms with Gasteiger partial charge < -0.3 is 5.32 Å². The van der Waals surface area contributed by atoms with E-state index in [-0.39, 0.29) is 11.7 Å². The maximum atomic E-state index is 12.9. The van der Waals surface area contributed by atoms with Crippen molar-refractivity contribution in [3.8, 4) is 0 Å². The van der Waals surface area contributed by atoms with Crippen LogP contribution < -0.4 is 5.32 Å². The van der Waals surface area contributed by atoms with E-state index in [1.54, 1.807) is 17.4 Å². The first-order valence-corrected chi connectivity index (χ1v) is 6.86. The Morgan fingerprint density at radius 3 is 2.47 bits per heavy atom. The van der Waals surface area contributed by atoms with E-state index >= 15 is 0 Å². The van der Waals surface area contributed by atoms with Crippen LogP contribution in [0.2, 0.25) is 0 Å². The van der Waals surface area contributed by atoms with E-state index in [4.69, 9.17) is 0 Å². The number of halogens is 3. The third-order valence-corrected chi connectivity index (χ3v) is 3.84. The zero-order valence-electron chi connectivity index (χ0n) is 10.4. The molecule has 1 N–H and O–H groups in total. The Morgan fingerprint density at radius 1 is 1.16 bits per heavy atom. The molecule has 0 radical (unpaired) electrons. The third-order valence-electron chi connectivity index (χ3n) is 2.86. The van der Waals surface area contributed by atoms with Crippen molar-refractivity contribution in [2.45, 2.75) is 25.6 Å². The fraction of sp³-hybridized carbons (Fsp3) is 0.286. The molecule has 0 aliphatic heterocycles. The number of para-hydroxylation sites is 1. The summed E-state index contributed by atoms with van der Waals surface area (Å²) in [5.74, 6) is 0. The quantitative estimate of drug-likeness (QED) is 0.800. The molecule has 0 bridgehead atoms. The van der Waals surface area contributed by atoms with Crippen LogP contribution in [0.25, 0.3) is 0 Å². The number of anilines is 1. The molecule has 0 amide bonds. The molecule has 0 saturated carbocycles. The van der Waals surface area contributed by atoms with Crippen molar-refractivity contribution in [2.75, 3.05) is 5.32 Å². The lowest BCUT2D eigenvalue weighted by atomic mass is 10.1. The molecule has 1 aromatic heterocycles. The van der Waals surface area contributed by atoms with Crippen LogP contribution in [0.4, 0.5) is 18.9 Å². The van der Waals surface area contributed by atoms with Gasteiger partial charge in [-0.3, -0.25) is 0 Å². The van der Waals surface area contributed by atoms with Crippen molar-refractivity contribution >= 4 is 17.0 Å². The van der Waals surface area contributed by atoms with E-state index in [0.717, 1.165) is 17.4 Å². The summed E-state index contributed by atoms with van der Waals surface area (Å²) in [7, 11) is 0. The zero-order chi connectivity index (χ0) is 13.9. The minimum absolute atomic E-state index is 0.0940. The van der Waals surface area contributed by atoms with Gasteiger partial charge in [0.2, 0.25) is 0 Å². The molecule has 1 unspecified atom stereocenters. The van der Waals surface area contributed by atoms with Gasteiger partial charge in [-0.25, -0.2) is 0 Å². The Morgan fingerprint density at radius 2 is 1.89 bits per heavy atom. The molecular formula is C14H14F3NS. The summed E-state index contributed by atoms with van der Waals surface area (Å²) in [5.41, 5.74) is -0.486. The second kappa shape index (κ2) is 5.65. The van der Waals surface area contributed by atoms with Crippen LogP contribution >= 0.6 is 11.3 Å². The summed E-state index contributed by atoms with van der Waals surface area (Å²) in [6, 6.07) is 9.33. The van der Waals surface area contributed by atoms with E-state index in [1.807, 2.05) is 24.4 Å². The van der Waals surface area contributed by atoms with Gasteiger partial charge in [-0.05, 0) is 30.0 Å². The minimum atomic E-state index is -4.34. The molecule has 0 aliphatic rings. The fourth-order valence-corrected chi connectivity index (χ4v) is 2.77. The second-order valence-corrected chi connectivity index (χ2v) is 5.14. The molecule has 1 nitrogen and oxygen atoms in total. The summed E-state index contributed by atoms with van der Waals surface area (Å²) in [6.45, 7) is 1.95. The van der Waals surface area contributed by atoms with Gasteiger partial charge in [0.25, 0.3) is 0 Å². The molecule has 2 aromatic rings. The Balaban J connectivity index is 2.28. The van der Waals surface area contributed by atoms with Crippen LogP contribution in [0.3, 0.4) is 0 Å². The smallest absolute Gasteiger partial charge is 0.377 e. The minimum Gasteiger partial charge on any atom is -0.377 e. The lowest BCUT2D eigenvalue weighted by molar-refractivity contribution is -0.137. The van der Waals surface area contributed by atoms with E-state index < -0.39 is 11.7 Å². The number of alkyl halides is 3.